The van der Waals surface area contributed by atoms with Crippen LogP contribution >= 0.6 is 0 Å². The van der Waals surface area contributed by atoms with Crippen molar-refractivity contribution >= 4 is 11.8 Å². The van der Waals surface area contributed by atoms with E-state index in [4.69, 9.17) is 0 Å². The molecule has 0 heterocycles. The van der Waals surface area contributed by atoms with E-state index in [1.54, 1.807) is 31.2 Å². The SMILES string of the molecule is C=C(C)C(=O)N(CCC)C(=O)c1ccccc1. The van der Waals surface area contributed by atoms with Crippen molar-refractivity contribution in [2.24, 2.45) is 0 Å². The van der Waals surface area contributed by atoms with Crippen LogP contribution in [0.2, 0.25) is 0 Å². The fourth-order valence-corrected chi connectivity index (χ4v) is 1.49. The van der Waals surface area contributed by atoms with Crippen LogP contribution in [0.3, 0.4) is 0 Å². The lowest BCUT2D eigenvalue weighted by Gasteiger charge is -2.20. The number of hydrogen-bond acceptors (Lipinski definition) is 2. The molecular formula is C14H17NO2. The molecule has 1 aromatic carbocycles. The third-order valence-electron chi connectivity index (χ3n) is 2.32. The Morgan fingerprint density at radius 3 is 2.29 bits per heavy atom. The molecule has 0 aliphatic heterocycles. The lowest BCUT2D eigenvalue weighted by Crippen LogP contribution is -2.37. The summed E-state index contributed by atoms with van der Waals surface area (Å²) in [5.41, 5.74) is 0.901. The summed E-state index contributed by atoms with van der Waals surface area (Å²) in [6, 6.07) is 8.81. The van der Waals surface area contributed by atoms with Gasteiger partial charge in [-0.1, -0.05) is 31.7 Å². The van der Waals surface area contributed by atoms with Crippen LogP contribution in [0.25, 0.3) is 0 Å². The molecule has 3 nitrogen and oxygen atoms in total. The van der Waals surface area contributed by atoms with Crippen molar-refractivity contribution in [3.63, 3.8) is 0 Å². The van der Waals surface area contributed by atoms with Crippen LogP contribution in [-0.2, 0) is 4.79 Å². The molecule has 2 amide bonds. The van der Waals surface area contributed by atoms with Gasteiger partial charge in [0, 0.05) is 17.7 Å². The molecule has 0 aliphatic rings. The van der Waals surface area contributed by atoms with E-state index in [-0.39, 0.29) is 11.8 Å². The molecule has 0 saturated heterocycles. The van der Waals surface area contributed by atoms with Crippen LogP contribution in [0, 0.1) is 0 Å². The fraction of sp³-hybridized carbons (Fsp3) is 0.286. The van der Waals surface area contributed by atoms with E-state index in [1.165, 1.54) is 4.90 Å². The van der Waals surface area contributed by atoms with Crippen LogP contribution in [0.1, 0.15) is 30.6 Å². The molecular weight excluding hydrogens is 214 g/mol. The van der Waals surface area contributed by atoms with Gasteiger partial charge in [-0.15, -0.1) is 0 Å². The van der Waals surface area contributed by atoms with Gasteiger partial charge in [0.15, 0.2) is 0 Å². The minimum absolute atomic E-state index is 0.263. The topological polar surface area (TPSA) is 37.4 Å². The molecule has 0 atom stereocenters. The minimum Gasteiger partial charge on any atom is -0.275 e. The maximum atomic E-state index is 12.1. The lowest BCUT2D eigenvalue weighted by atomic mass is 10.1. The number of nitrogens with zero attached hydrogens (tertiary/aromatic N) is 1. The number of carbonyl (C=O) groups is 2. The molecule has 0 N–H and O–H groups in total. The Labute approximate surface area is 102 Å². The Kier molecular flexibility index (Phi) is 4.64. The second kappa shape index (κ2) is 5.99. The molecule has 0 unspecified atom stereocenters. The molecule has 17 heavy (non-hydrogen) atoms. The van der Waals surface area contributed by atoms with E-state index in [9.17, 15) is 9.59 Å². The van der Waals surface area contributed by atoms with Gasteiger partial charge in [-0.3, -0.25) is 14.5 Å². The Morgan fingerprint density at radius 2 is 1.82 bits per heavy atom. The number of benzene rings is 1. The van der Waals surface area contributed by atoms with Gasteiger partial charge < -0.3 is 0 Å². The van der Waals surface area contributed by atoms with E-state index in [2.05, 4.69) is 6.58 Å². The third-order valence-corrected chi connectivity index (χ3v) is 2.32. The zero-order valence-corrected chi connectivity index (χ0v) is 10.3. The van der Waals surface area contributed by atoms with Crippen LogP contribution in [0.15, 0.2) is 42.5 Å². The lowest BCUT2D eigenvalue weighted by molar-refractivity contribution is -0.124. The van der Waals surface area contributed by atoms with Crippen molar-refractivity contribution in [2.75, 3.05) is 6.54 Å². The van der Waals surface area contributed by atoms with Crippen molar-refractivity contribution in [3.05, 3.63) is 48.0 Å². The molecule has 0 radical (unpaired) electrons. The van der Waals surface area contributed by atoms with Crippen molar-refractivity contribution in [1.82, 2.24) is 4.90 Å². The zero-order valence-electron chi connectivity index (χ0n) is 10.3. The summed E-state index contributed by atoms with van der Waals surface area (Å²) in [5, 5.41) is 0. The number of amides is 2. The smallest absolute Gasteiger partial charge is 0.260 e. The maximum Gasteiger partial charge on any atom is 0.260 e. The minimum atomic E-state index is -0.305. The second-order valence-corrected chi connectivity index (χ2v) is 3.91. The monoisotopic (exact) mass is 231 g/mol. The summed E-state index contributed by atoms with van der Waals surface area (Å²) in [5.74, 6) is -0.568. The first kappa shape index (κ1) is 13.2. The standard InChI is InChI=1S/C14H17NO2/c1-4-10-15(13(16)11(2)3)14(17)12-8-6-5-7-9-12/h5-9H,2,4,10H2,1,3H3. The molecule has 0 spiro atoms. The van der Waals surface area contributed by atoms with Crippen molar-refractivity contribution in [3.8, 4) is 0 Å². The van der Waals surface area contributed by atoms with Crippen LogP contribution < -0.4 is 0 Å². The molecule has 3 heteroatoms. The third kappa shape index (κ3) is 3.28. The van der Waals surface area contributed by atoms with E-state index in [0.717, 1.165) is 6.42 Å². The van der Waals surface area contributed by atoms with Crippen LogP contribution in [0.4, 0.5) is 0 Å². The molecule has 0 bridgehead atoms. The maximum absolute atomic E-state index is 12.1. The summed E-state index contributed by atoms with van der Waals surface area (Å²) >= 11 is 0. The molecule has 0 saturated carbocycles. The Morgan fingerprint density at radius 1 is 1.24 bits per heavy atom. The van der Waals surface area contributed by atoms with E-state index < -0.39 is 0 Å². The molecule has 1 aromatic rings. The number of imide groups is 1. The predicted molar refractivity (Wildman–Crippen MR) is 67.6 cm³/mol. The van der Waals surface area contributed by atoms with E-state index >= 15 is 0 Å². The first-order valence-corrected chi connectivity index (χ1v) is 5.64. The van der Waals surface area contributed by atoms with E-state index in [0.29, 0.717) is 17.7 Å². The second-order valence-electron chi connectivity index (χ2n) is 3.91. The van der Waals surface area contributed by atoms with Gasteiger partial charge in [0.25, 0.3) is 11.8 Å². The first-order valence-electron chi connectivity index (χ1n) is 5.64. The Balaban J connectivity index is 2.96. The van der Waals surface area contributed by atoms with Gasteiger partial charge >= 0.3 is 0 Å². The fourth-order valence-electron chi connectivity index (χ4n) is 1.49. The summed E-state index contributed by atoms with van der Waals surface area (Å²) in [4.78, 5) is 25.2. The van der Waals surface area contributed by atoms with Crippen molar-refractivity contribution < 1.29 is 9.59 Å². The van der Waals surface area contributed by atoms with Crippen LogP contribution in [0.5, 0.6) is 0 Å². The van der Waals surface area contributed by atoms with Gasteiger partial charge in [-0.2, -0.15) is 0 Å². The summed E-state index contributed by atoms with van der Waals surface area (Å²) in [7, 11) is 0. The molecule has 1 rings (SSSR count). The largest absolute Gasteiger partial charge is 0.275 e. The number of rotatable bonds is 4. The van der Waals surface area contributed by atoms with Gasteiger partial charge in [0.2, 0.25) is 0 Å². The first-order chi connectivity index (χ1) is 8.07. The van der Waals surface area contributed by atoms with Crippen LogP contribution in [-0.4, -0.2) is 23.3 Å². The van der Waals surface area contributed by atoms with Gasteiger partial charge in [-0.05, 0) is 25.5 Å². The summed E-state index contributed by atoms with van der Waals surface area (Å²) in [6.45, 7) is 7.55. The highest BCUT2D eigenvalue weighted by molar-refractivity contribution is 6.09. The quantitative estimate of drug-likeness (QED) is 0.747. The Bertz CT molecular complexity index is 423. The zero-order chi connectivity index (χ0) is 12.8. The van der Waals surface area contributed by atoms with Crippen molar-refractivity contribution in [1.29, 1.82) is 0 Å². The highest BCUT2D eigenvalue weighted by Crippen LogP contribution is 2.08. The van der Waals surface area contributed by atoms with Crippen molar-refractivity contribution in [2.45, 2.75) is 20.3 Å². The molecule has 0 aliphatic carbocycles. The number of hydrogen-bond donors (Lipinski definition) is 0. The van der Waals surface area contributed by atoms with E-state index in [1.807, 2.05) is 13.0 Å². The average Bonchev–Trinajstić information content (AvgIpc) is 2.35. The molecule has 90 valence electrons. The summed E-state index contributed by atoms with van der Waals surface area (Å²) < 4.78 is 0. The van der Waals surface area contributed by atoms with Gasteiger partial charge in [0.1, 0.15) is 0 Å². The number of carbonyl (C=O) groups excluding carboxylic acids is 2. The van der Waals surface area contributed by atoms with Gasteiger partial charge in [0.05, 0.1) is 0 Å². The highest BCUT2D eigenvalue weighted by Gasteiger charge is 2.21. The Hall–Kier alpha value is -1.90. The van der Waals surface area contributed by atoms with Gasteiger partial charge in [-0.25, -0.2) is 0 Å². The summed E-state index contributed by atoms with van der Waals surface area (Å²) in [6.07, 6.45) is 0.734. The normalized spacial score (nSPS) is 9.76. The average molecular weight is 231 g/mol. The highest BCUT2D eigenvalue weighted by atomic mass is 16.2. The predicted octanol–water partition coefficient (Wildman–Crippen LogP) is 2.64. The molecule has 0 aromatic heterocycles. The molecule has 0 fully saturated rings.